The predicted molar refractivity (Wildman–Crippen MR) is 46.8 cm³/mol. The molecule has 1 unspecified atom stereocenters. The van der Waals surface area contributed by atoms with Gasteiger partial charge in [0.05, 0.1) is 0 Å². The summed E-state index contributed by atoms with van der Waals surface area (Å²) in [6, 6.07) is 0. The molecule has 0 aliphatic rings. The normalized spacial score (nSPS) is 12.2. The Labute approximate surface area is 83.9 Å². The number of rotatable bonds is 3. The van der Waals surface area contributed by atoms with Gasteiger partial charge >= 0.3 is 17.7 Å². The maximum Gasteiger partial charge on any atom is 0.491 e. The van der Waals surface area contributed by atoms with Crippen LogP contribution in [0.5, 0.6) is 0 Å². The van der Waals surface area contributed by atoms with Gasteiger partial charge < -0.3 is 20.5 Å². The summed E-state index contributed by atoms with van der Waals surface area (Å²) in [5, 5.41) is 24.7. The van der Waals surface area contributed by atoms with Gasteiger partial charge in [-0.05, 0) is 16.8 Å². The van der Waals surface area contributed by atoms with Crippen molar-refractivity contribution < 1.29 is 14.8 Å². The first-order chi connectivity index (χ1) is 6.91. The number of hydrogen-bond donors (Lipinski definition) is 2. The van der Waals surface area contributed by atoms with E-state index in [-0.39, 0.29) is 5.82 Å². The molecular formula is C6H9N5O4. The number of hydrogen-bond acceptors (Lipinski definition) is 6. The van der Waals surface area contributed by atoms with E-state index in [0.29, 0.717) is 0 Å². The third-order valence-electron chi connectivity index (χ3n) is 1.46. The zero-order chi connectivity index (χ0) is 11.6. The number of aromatic nitrogens is 3. The average Bonchev–Trinajstić information content (AvgIpc) is 2.46. The van der Waals surface area contributed by atoms with Crippen LogP contribution in [0, 0.1) is 10.1 Å². The number of aryl methyl sites for hydroxylation is 1. The van der Waals surface area contributed by atoms with Crippen LogP contribution in [-0.4, -0.2) is 36.9 Å². The fourth-order valence-electron chi connectivity index (χ4n) is 0.900. The highest BCUT2D eigenvalue weighted by Gasteiger charge is 2.25. The molecule has 1 atom stereocenters. The fourth-order valence-corrected chi connectivity index (χ4v) is 0.900. The van der Waals surface area contributed by atoms with Gasteiger partial charge in [-0.25, -0.2) is 0 Å². The minimum atomic E-state index is -1.06. The molecule has 2 N–H and O–H groups in total. The van der Waals surface area contributed by atoms with Crippen molar-refractivity contribution in [3.8, 4) is 0 Å². The van der Waals surface area contributed by atoms with E-state index in [2.05, 4.69) is 15.4 Å². The van der Waals surface area contributed by atoms with Crippen molar-refractivity contribution in [3.05, 3.63) is 15.9 Å². The van der Waals surface area contributed by atoms with Crippen LogP contribution in [0.4, 0.5) is 5.95 Å². The Morgan fingerprint density at radius 2 is 2.33 bits per heavy atom. The summed E-state index contributed by atoms with van der Waals surface area (Å²) >= 11 is 0. The van der Waals surface area contributed by atoms with E-state index in [1.54, 1.807) is 0 Å². The number of nitrogens with zero attached hydrogens (tertiary/aromatic N) is 4. The Balaban J connectivity index is 2.94. The van der Waals surface area contributed by atoms with Crippen molar-refractivity contribution in [2.75, 3.05) is 0 Å². The van der Waals surface area contributed by atoms with Crippen LogP contribution < -0.4 is 5.32 Å². The molecule has 82 valence electrons. The number of aliphatic hydroxyl groups is 1. The second kappa shape index (κ2) is 4.00. The van der Waals surface area contributed by atoms with Gasteiger partial charge in [-0.3, -0.25) is 4.79 Å². The molecule has 9 heteroatoms. The fraction of sp³-hybridized carbons (Fsp3) is 0.500. The predicted octanol–water partition coefficient (Wildman–Crippen LogP) is -1.21. The topological polar surface area (TPSA) is 123 Å². The van der Waals surface area contributed by atoms with E-state index in [1.807, 2.05) is 0 Å². The van der Waals surface area contributed by atoms with E-state index in [4.69, 9.17) is 5.11 Å². The molecule has 0 saturated heterocycles. The molecule has 0 spiro atoms. The highest BCUT2D eigenvalue weighted by Crippen LogP contribution is 2.04. The Kier molecular flexibility index (Phi) is 2.95. The van der Waals surface area contributed by atoms with Gasteiger partial charge in [0.2, 0.25) is 0 Å². The first kappa shape index (κ1) is 11.0. The first-order valence-corrected chi connectivity index (χ1v) is 3.96. The zero-order valence-corrected chi connectivity index (χ0v) is 8.04. The second-order valence-electron chi connectivity index (χ2n) is 2.77. The van der Waals surface area contributed by atoms with Gasteiger partial charge in [0.1, 0.15) is 6.23 Å². The van der Waals surface area contributed by atoms with Gasteiger partial charge in [-0.15, -0.1) is 0 Å². The molecule has 9 nitrogen and oxygen atoms in total. The minimum Gasteiger partial charge on any atom is -0.390 e. The van der Waals surface area contributed by atoms with Crippen LogP contribution in [-0.2, 0) is 7.05 Å². The summed E-state index contributed by atoms with van der Waals surface area (Å²) in [7, 11) is 1.34. The molecule has 1 aromatic rings. The lowest BCUT2D eigenvalue weighted by molar-refractivity contribution is -0.394. The number of amides is 1. The van der Waals surface area contributed by atoms with Crippen LogP contribution in [0.2, 0.25) is 0 Å². The first-order valence-electron chi connectivity index (χ1n) is 3.96. The number of nitro groups is 1. The highest BCUT2D eigenvalue weighted by atomic mass is 16.6. The van der Waals surface area contributed by atoms with Gasteiger partial charge in [-0.2, -0.15) is 4.68 Å². The van der Waals surface area contributed by atoms with Gasteiger partial charge in [0, 0.05) is 12.1 Å². The molecule has 15 heavy (non-hydrogen) atoms. The number of carbonyl (C=O) groups excluding carboxylic acids is 1. The number of nitrogens with one attached hydrogen (secondary N) is 1. The largest absolute Gasteiger partial charge is 0.491 e. The Bertz CT molecular complexity index is 398. The maximum atomic E-state index is 11.3. The summed E-state index contributed by atoms with van der Waals surface area (Å²) in [5.41, 5.74) is 0. The Hall–Kier alpha value is -2.03. The lowest BCUT2D eigenvalue weighted by Gasteiger charge is -2.03. The molecule has 1 amide bonds. The molecule has 0 bridgehead atoms. The molecule has 1 rings (SSSR count). The zero-order valence-electron chi connectivity index (χ0n) is 8.04. The average molecular weight is 215 g/mol. The SMILES string of the molecule is CC(O)NC(=O)c1nc([N+](=O)[O-])nn1C. The van der Waals surface area contributed by atoms with Crippen LogP contribution in [0.15, 0.2) is 0 Å². The maximum absolute atomic E-state index is 11.3. The third-order valence-corrected chi connectivity index (χ3v) is 1.46. The molecule has 1 heterocycles. The Morgan fingerprint density at radius 3 is 2.73 bits per heavy atom. The van der Waals surface area contributed by atoms with Crippen molar-refractivity contribution in [1.82, 2.24) is 20.1 Å². The smallest absolute Gasteiger partial charge is 0.390 e. The van der Waals surface area contributed by atoms with Crippen molar-refractivity contribution in [1.29, 1.82) is 0 Å². The van der Waals surface area contributed by atoms with Gasteiger partial charge in [0.25, 0.3) is 0 Å². The Morgan fingerprint density at radius 1 is 1.73 bits per heavy atom. The van der Waals surface area contributed by atoms with E-state index < -0.39 is 23.0 Å². The molecule has 0 fully saturated rings. The van der Waals surface area contributed by atoms with Crippen LogP contribution >= 0.6 is 0 Å². The second-order valence-corrected chi connectivity index (χ2v) is 2.77. The standard InChI is InChI=1S/C6H9N5O4/c1-3(12)7-5(13)4-8-6(11(14)15)9-10(4)2/h3,12H,1-2H3,(H,7,13). The minimum absolute atomic E-state index is 0.234. The van der Waals surface area contributed by atoms with E-state index in [0.717, 1.165) is 4.68 Å². The van der Waals surface area contributed by atoms with E-state index >= 15 is 0 Å². The van der Waals surface area contributed by atoms with Crippen LogP contribution in [0.25, 0.3) is 0 Å². The molecular weight excluding hydrogens is 206 g/mol. The number of aliphatic hydroxyl groups excluding tert-OH is 1. The number of carbonyl (C=O) groups is 1. The lowest BCUT2D eigenvalue weighted by atomic mass is 10.5. The summed E-state index contributed by atoms with van der Waals surface area (Å²) in [5.74, 6) is -1.62. The van der Waals surface area contributed by atoms with Crippen molar-refractivity contribution in [3.63, 3.8) is 0 Å². The van der Waals surface area contributed by atoms with Gasteiger partial charge in [-0.1, -0.05) is 0 Å². The van der Waals surface area contributed by atoms with Gasteiger partial charge in [0.15, 0.2) is 0 Å². The molecule has 1 aromatic heterocycles. The van der Waals surface area contributed by atoms with Crippen molar-refractivity contribution in [2.45, 2.75) is 13.2 Å². The molecule has 0 aromatic carbocycles. The third kappa shape index (κ3) is 2.47. The van der Waals surface area contributed by atoms with Crippen LogP contribution in [0.3, 0.4) is 0 Å². The molecule has 0 aliphatic heterocycles. The molecule has 0 aliphatic carbocycles. The summed E-state index contributed by atoms with van der Waals surface area (Å²) < 4.78 is 0.968. The quantitative estimate of drug-likeness (QED) is 0.370. The van der Waals surface area contributed by atoms with E-state index in [9.17, 15) is 14.9 Å². The highest BCUT2D eigenvalue weighted by molar-refractivity contribution is 5.90. The monoisotopic (exact) mass is 215 g/mol. The van der Waals surface area contributed by atoms with Crippen molar-refractivity contribution >= 4 is 11.9 Å². The summed E-state index contributed by atoms with van der Waals surface area (Å²) in [4.78, 5) is 24.2. The molecule has 0 radical (unpaired) electrons. The van der Waals surface area contributed by atoms with Crippen molar-refractivity contribution in [2.24, 2.45) is 7.05 Å². The van der Waals surface area contributed by atoms with E-state index in [1.165, 1.54) is 14.0 Å². The molecule has 0 saturated carbocycles. The summed E-state index contributed by atoms with van der Waals surface area (Å²) in [6.45, 7) is 1.34. The lowest BCUT2D eigenvalue weighted by Crippen LogP contribution is -2.33. The van der Waals surface area contributed by atoms with Crippen LogP contribution in [0.1, 0.15) is 17.5 Å². The summed E-state index contributed by atoms with van der Waals surface area (Å²) in [6.07, 6.45) is -1.06.